The van der Waals surface area contributed by atoms with Crippen molar-refractivity contribution in [1.82, 2.24) is 0 Å². The van der Waals surface area contributed by atoms with E-state index < -0.39 is 0 Å². The molecule has 72 valence electrons. The van der Waals surface area contributed by atoms with Crippen LogP contribution in [0.2, 0.25) is 0 Å². The third-order valence-corrected chi connectivity index (χ3v) is 3.28. The number of thioether (sulfide) groups is 1. The lowest BCUT2D eigenvalue weighted by molar-refractivity contribution is -0.0861. The monoisotopic (exact) mass is 190 g/mol. The molecular formula is C9H18O2S. The Morgan fingerprint density at radius 3 is 2.75 bits per heavy atom. The first-order valence-corrected chi connectivity index (χ1v) is 5.65. The van der Waals surface area contributed by atoms with Gasteiger partial charge >= 0.3 is 0 Å². The molecule has 0 bridgehead atoms. The minimum Gasteiger partial charge on any atom is -0.381 e. The average Bonchev–Trinajstić information content (AvgIpc) is 2.01. The normalized spacial score (nSPS) is 20.5. The Hall–Kier alpha value is 0.270. The van der Waals surface area contributed by atoms with E-state index in [2.05, 4.69) is 6.92 Å². The molecule has 1 saturated heterocycles. The van der Waals surface area contributed by atoms with Gasteiger partial charge in [-0.1, -0.05) is 6.92 Å². The maximum Gasteiger partial charge on any atom is 0.0556 e. The quantitative estimate of drug-likeness (QED) is 0.595. The molecule has 0 radical (unpaired) electrons. The molecule has 0 aromatic heterocycles. The van der Waals surface area contributed by atoms with Gasteiger partial charge in [0.2, 0.25) is 0 Å². The van der Waals surface area contributed by atoms with Crippen LogP contribution in [0, 0.1) is 5.41 Å². The Kier molecular flexibility index (Phi) is 4.40. The average molecular weight is 190 g/mol. The molecule has 0 aromatic rings. The summed E-state index contributed by atoms with van der Waals surface area (Å²) in [6, 6.07) is 0. The van der Waals surface area contributed by atoms with Gasteiger partial charge in [0.15, 0.2) is 0 Å². The van der Waals surface area contributed by atoms with Crippen LogP contribution in [-0.2, 0) is 9.47 Å². The van der Waals surface area contributed by atoms with Crippen LogP contribution in [0.3, 0.4) is 0 Å². The first-order valence-electron chi connectivity index (χ1n) is 4.50. The molecular weight excluding hydrogens is 172 g/mol. The molecule has 0 amide bonds. The largest absolute Gasteiger partial charge is 0.381 e. The van der Waals surface area contributed by atoms with Crippen LogP contribution in [0.5, 0.6) is 0 Å². The van der Waals surface area contributed by atoms with Gasteiger partial charge in [-0.3, -0.25) is 0 Å². The van der Waals surface area contributed by atoms with Crippen LogP contribution in [0.25, 0.3) is 0 Å². The molecule has 12 heavy (non-hydrogen) atoms. The highest BCUT2D eigenvalue weighted by molar-refractivity contribution is 7.99. The van der Waals surface area contributed by atoms with Gasteiger partial charge in [-0.2, -0.15) is 11.8 Å². The molecule has 1 aliphatic heterocycles. The molecule has 3 heteroatoms. The second kappa shape index (κ2) is 5.10. The Balaban J connectivity index is 1.88. The summed E-state index contributed by atoms with van der Waals surface area (Å²) in [6.45, 7) is 7.91. The van der Waals surface area contributed by atoms with E-state index >= 15 is 0 Å². The lowest BCUT2D eigenvalue weighted by Crippen LogP contribution is -2.41. The predicted molar refractivity (Wildman–Crippen MR) is 52.7 cm³/mol. The Morgan fingerprint density at radius 1 is 1.50 bits per heavy atom. The van der Waals surface area contributed by atoms with E-state index in [4.69, 9.17) is 9.47 Å². The molecule has 0 unspecified atom stereocenters. The third-order valence-electron chi connectivity index (χ3n) is 1.93. The molecule has 1 heterocycles. The third kappa shape index (κ3) is 3.33. The highest BCUT2D eigenvalue weighted by Crippen LogP contribution is 2.30. The van der Waals surface area contributed by atoms with Crippen molar-refractivity contribution in [2.75, 3.05) is 37.9 Å². The zero-order valence-corrected chi connectivity index (χ0v) is 8.78. The highest BCUT2D eigenvalue weighted by atomic mass is 32.2. The van der Waals surface area contributed by atoms with Gasteiger partial charge in [-0.25, -0.2) is 0 Å². The van der Waals surface area contributed by atoms with E-state index in [1.54, 1.807) is 0 Å². The molecule has 1 aliphatic rings. The van der Waals surface area contributed by atoms with Crippen molar-refractivity contribution >= 4 is 11.8 Å². The predicted octanol–water partition coefficient (Wildman–Crippen LogP) is 1.79. The van der Waals surface area contributed by atoms with E-state index in [1.807, 2.05) is 18.7 Å². The van der Waals surface area contributed by atoms with Crippen molar-refractivity contribution in [3.63, 3.8) is 0 Å². The maximum absolute atomic E-state index is 5.25. The lowest BCUT2D eigenvalue weighted by atomic mass is 9.92. The SMILES string of the molecule is CCOCCSCC1(C)COC1. The topological polar surface area (TPSA) is 18.5 Å². The van der Waals surface area contributed by atoms with Crippen molar-refractivity contribution in [3.05, 3.63) is 0 Å². The van der Waals surface area contributed by atoms with Gasteiger partial charge in [-0.15, -0.1) is 0 Å². The van der Waals surface area contributed by atoms with Gasteiger partial charge in [0.05, 0.1) is 19.8 Å². The Bertz CT molecular complexity index is 124. The van der Waals surface area contributed by atoms with Gasteiger partial charge in [0.25, 0.3) is 0 Å². The minimum absolute atomic E-state index is 0.455. The number of hydrogen-bond acceptors (Lipinski definition) is 3. The summed E-state index contributed by atoms with van der Waals surface area (Å²) in [5.41, 5.74) is 0.455. The standard InChI is InChI=1S/C9H18O2S/c1-3-10-4-5-12-8-9(2)6-11-7-9/h3-8H2,1-2H3. The molecule has 1 rings (SSSR count). The molecule has 2 nitrogen and oxygen atoms in total. The fourth-order valence-corrected chi connectivity index (χ4v) is 2.15. The van der Waals surface area contributed by atoms with Gasteiger partial charge in [-0.05, 0) is 6.92 Å². The minimum atomic E-state index is 0.455. The zero-order valence-electron chi connectivity index (χ0n) is 7.97. The molecule has 0 atom stereocenters. The molecule has 0 aromatic carbocycles. The summed E-state index contributed by atoms with van der Waals surface area (Å²) >= 11 is 1.97. The molecule has 0 N–H and O–H groups in total. The molecule has 0 saturated carbocycles. The summed E-state index contributed by atoms with van der Waals surface area (Å²) in [5, 5.41) is 0. The molecule has 0 aliphatic carbocycles. The summed E-state index contributed by atoms with van der Waals surface area (Å²) in [4.78, 5) is 0. The van der Waals surface area contributed by atoms with Crippen molar-refractivity contribution in [1.29, 1.82) is 0 Å². The maximum atomic E-state index is 5.25. The van der Waals surface area contributed by atoms with Gasteiger partial charge < -0.3 is 9.47 Å². The second-order valence-corrected chi connectivity index (χ2v) is 4.66. The first-order chi connectivity index (χ1) is 5.77. The fourth-order valence-electron chi connectivity index (χ4n) is 1.11. The van der Waals surface area contributed by atoms with Gasteiger partial charge in [0.1, 0.15) is 0 Å². The highest BCUT2D eigenvalue weighted by Gasteiger charge is 2.32. The van der Waals surface area contributed by atoms with Crippen LogP contribution in [0.4, 0.5) is 0 Å². The fraction of sp³-hybridized carbons (Fsp3) is 1.00. The lowest BCUT2D eigenvalue weighted by Gasteiger charge is -2.37. The Morgan fingerprint density at radius 2 is 2.25 bits per heavy atom. The summed E-state index contributed by atoms with van der Waals surface area (Å²) < 4.78 is 10.4. The van der Waals surface area contributed by atoms with E-state index in [1.165, 1.54) is 5.75 Å². The molecule has 0 spiro atoms. The van der Waals surface area contributed by atoms with E-state index in [0.717, 1.165) is 32.2 Å². The van der Waals surface area contributed by atoms with Gasteiger partial charge in [0, 0.05) is 23.5 Å². The Labute approximate surface area is 79.0 Å². The van der Waals surface area contributed by atoms with E-state index in [9.17, 15) is 0 Å². The number of hydrogen-bond donors (Lipinski definition) is 0. The van der Waals surface area contributed by atoms with Crippen molar-refractivity contribution in [3.8, 4) is 0 Å². The van der Waals surface area contributed by atoms with E-state index in [-0.39, 0.29) is 0 Å². The van der Waals surface area contributed by atoms with E-state index in [0.29, 0.717) is 5.41 Å². The van der Waals surface area contributed by atoms with Crippen LogP contribution < -0.4 is 0 Å². The van der Waals surface area contributed by atoms with Crippen molar-refractivity contribution in [2.45, 2.75) is 13.8 Å². The van der Waals surface area contributed by atoms with Crippen LogP contribution in [0.1, 0.15) is 13.8 Å². The number of ether oxygens (including phenoxy) is 2. The zero-order chi connectivity index (χ0) is 8.86. The van der Waals surface area contributed by atoms with Crippen LogP contribution >= 0.6 is 11.8 Å². The van der Waals surface area contributed by atoms with Crippen LogP contribution in [0.15, 0.2) is 0 Å². The first kappa shape index (κ1) is 10.4. The summed E-state index contributed by atoms with van der Waals surface area (Å²) in [7, 11) is 0. The van der Waals surface area contributed by atoms with Crippen molar-refractivity contribution in [2.24, 2.45) is 5.41 Å². The smallest absolute Gasteiger partial charge is 0.0556 e. The second-order valence-electron chi connectivity index (χ2n) is 3.55. The summed E-state index contributed by atoms with van der Waals surface area (Å²) in [5.74, 6) is 2.32. The summed E-state index contributed by atoms with van der Waals surface area (Å²) in [6.07, 6.45) is 0. The molecule has 1 fully saturated rings. The number of rotatable bonds is 6. The van der Waals surface area contributed by atoms with Crippen LogP contribution in [-0.4, -0.2) is 37.9 Å². The van der Waals surface area contributed by atoms with Crippen molar-refractivity contribution < 1.29 is 9.47 Å².